The van der Waals surface area contributed by atoms with Gasteiger partial charge in [0.1, 0.15) is 5.69 Å². The number of hydrogen-bond donors (Lipinski definition) is 1. The molecule has 0 fully saturated rings. The zero-order valence-corrected chi connectivity index (χ0v) is 9.18. The largest absolute Gasteiger partial charge is 0.326 e. The van der Waals surface area contributed by atoms with E-state index in [0.29, 0.717) is 5.69 Å². The van der Waals surface area contributed by atoms with E-state index >= 15 is 0 Å². The zero-order valence-electron chi connectivity index (χ0n) is 7.02. The van der Waals surface area contributed by atoms with E-state index in [-0.39, 0.29) is 12.2 Å². The average molecular weight is 298 g/mol. The van der Waals surface area contributed by atoms with Crippen LogP contribution in [0, 0.1) is 10.5 Å². The minimum absolute atomic E-state index is 0.196. The number of nitrogens with zero attached hydrogens (tertiary/aromatic N) is 1. The van der Waals surface area contributed by atoms with Gasteiger partial charge in [-0.1, -0.05) is 0 Å². The molecule has 13 heavy (non-hydrogen) atoms. The first-order chi connectivity index (χ1) is 6.06. The predicted octanol–water partition coefficient (Wildman–Crippen LogP) is 2.39. The molecule has 0 aromatic carbocycles. The molecule has 0 saturated heterocycles. The number of pyridine rings is 1. The van der Waals surface area contributed by atoms with Crippen LogP contribution in [0.15, 0.2) is 6.07 Å². The molecule has 72 valence electrons. The summed E-state index contributed by atoms with van der Waals surface area (Å²) in [7, 11) is 0. The summed E-state index contributed by atoms with van der Waals surface area (Å²) in [6.07, 6.45) is -2.53. The first-order valence-corrected chi connectivity index (χ1v) is 4.78. The highest BCUT2D eigenvalue weighted by atomic mass is 127. The Bertz CT molecular complexity index is 315. The van der Waals surface area contributed by atoms with E-state index < -0.39 is 6.43 Å². The summed E-state index contributed by atoms with van der Waals surface area (Å²) in [4.78, 5) is 3.77. The van der Waals surface area contributed by atoms with Crippen LogP contribution in [0.5, 0.6) is 0 Å². The molecule has 0 aliphatic heterocycles. The van der Waals surface area contributed by atoms with Crippen molar-refractivity contribution < 1.29 is 8.78 Å². The van der Waals surface area contributed by atoms with Gasteiger partial charge in [0.15, 0.2) is 0 Å². The number of hydrogen-bond acceptors (Lipinski definition) is 2. The molecule has 1 rings (SSSR count). The number of aromatic nitrogens is 1. The molecule has 2 N–H and O–H groups in total. The van der Waals surface area contributed by atoms with Gasteiger partial charge in [0.05, 0.1) is 5.69 Å². The van der Waals surface area contributed by atoms with E-state index in [1.807, 2.05) is 0 Å². The van der Waals surface area contributed by atoms with Crippen molar-refractivity contribution in [1.82, 2.24) is 4.98 Å². The smallest absolute Gasteiger partial charge is 0.280 e. The van der Waals surface area contributed by atoms with Crippen molar-refractivity contribution in [2.45, 2.75) is 19.9 Å². The fourth-order valence-electron chi connectivity index (χ4n) is 1.01. The molecule has 0 unspecified atom stereocenters. The molecule has 5 heteroatoms. The van der Waals surface area contributed by atoms with Gasteiger partial charge < -0.3 is 5.73 Å². The Morgan fingerprint density at radius 1 is 1.62 bits per heavy atom. The Labute approximate surface area is 88.7 Å². The predicted molar refractivity (Wildman–Crippen MR) is 54.5 cm³/mol. The van der Waals surface area contributed by atoms with Crippen molar-refractivity contribution in [2.75, 3.05) is 0 Å². The first-order valence-electron chi connectivity index (χ1n) is 3.70. The van der Waals surface area contributed by atoms with Crippen LogP contribution in [-0.2, 0) is 6.54 Å². The Kier molecular flexibility index (Phi) is 3.55. The summed E-state index contributed by atoms with van der Waals surface area (Å²) < 4.78 is 25.4. The van der Waals surface area contributed by atoms with Crippen LogP contribution in [0.4, 0.5) is 8.78 Å². The summed E-state index contributed by atoms with van der Waals surface area (Å²) in [5.74, 6) is 0. The molecular formula is C8H9F2IN2. The van der Waals surface area contributed by atoms with E-state index in [2.05, 4.69) is 27.6 Å². The van der Waals surface area contributed by atoms with E-state index in [9.17, 15) is 8.78 Å². The third-order valence-corrected chi connectivity index (χ3v) is 3.14. The maximum Gasteiger partial charge on any atom is 0.280 e. The molecule has 0 bridgehead atoms. The van der Waals surface area contributed by atoms with Crippen molar-refractivity contribution in [1.29, 1.82) is 0 Å². The van der Waals surface area contributed by atoms with Crippen LogP contribution < -0.4 is 5.73 Å². The lowest BCUT2D eigenvalue weighted by molar-refractivity contribution is 0.145. The topological polar surface area (TPSA) is 38.9 Å². The molecule has 0 amide bonds. The number of halogens is 3. The van der Waals surface area contributed by atoms with Crippen LogP contribution in [0.2, 0.25) is 0 Å². The van der Waals surface area contributed by atoms with Gasteiger partial charge >= 0.3 is 0 Å². The lowest BCUT2D eigenvalue weighted by atomic mass is 10.2. The van der Waals surface area contributed by atoms with Crippen LogP contribution >= 0.6 is 22.6 Å². The molecule has 1 aromatic rings. The van der Waals surface area contributed by atoms with Crippen LogP contribution in [-0.4, -0.2) is 4.98 Å². The maximum atomic E-state index is 12.3. The van der Waals surface area contributed by atoms with Crippen molar-refractivity contribution in [3.05, 3.63) is 26.6 Å². The van der Waals surface area contributed by atoms with Crippen molar-refractivity contribution in [3.63, 3.8) is 0 Å². The lowest BCUT2D eigenvalue weighted by Crippen LogP contribution is -2.05. The molecule has 1 aromatic heterocycles. The zero-order chi connectivity index (χ0) is 10.0. The van der Waals surface area contributed by atoms with Gasteiger partial charge in [0, 0.05) is 10.1 Å². The minimum atomic E-state index is -2.53. The molecule has 0 aliphatic rings. The first kappa shape index (κ1) is 10.8. The summed E-state index contributed by atoms with van der Waals surface area (Å²) in [5.41, 5.74) is 6.55. The highest BCUT2D eigenvalue weighted by Gasteiger charge is 2.12. The number of nitrogens with two attached hydrogens (primary N) is 1. The van der Waals surface area contributed by atoms with Crippen molar-refractivity contribution in [3.8, 4) is 0 Å². The second-order valence-corrected chi connectivity index (χ2v) is 3.69. The van der Waals surface area contributed by atoms with Crippen LogP contribution in [0.3, 0.4) is 0 Å². The molecule has 0 atom stereocenters. The quantitative estimate of drug-likeness (QED) is 0.852. The summed E-state index contributed by atoms with van der Waals surface area (Å²) in [6.45, 7) is 1.97. The minimum Gasteiger partial charge on any atom is -0.326 e. The SMILES string of the molecule is Cc1nc(C(F)F)cc(CN)c1I. The molecule has 0 radical (unpaired) electrons. The highest BCUT2D eigenvalue weighted by Crippen LogP contribution is 2.22. The Hall–Kier alpha value is -0.300. The molecule has 0 aliphatic carbocycles. The second kappa shape index (κ2) is 4.28. The average Bonchev–Trinajstić information content (AvgIpc) is 2.09. The highest BCUT2D eigenvalue weighted by molar-refractivity contribution is 14.1. The monoisotopic (exact) mass is 298 g/mol. The summed E-state index contributed by atoms with van der Waals surface area (Å²) in [6, 6.07) is 1.36. The molecular weight excluding hydrogens is 289 g/mol. The number of aryl methyl sites for hydroxylation is 1. The van der Waals surface area contributed by atoms with E-state index in [4.69, 9.17) is 5.73 Å². The van der Waals surface area contributed by atoms with Gasteiger partial charge in [-0.15, -0.1) is 0 Å². The van der Waals surface area contributed by atoms with Gasteiger partial charge in [-0.3, -0.25) is 4.98 Å². The van der Waals surface area contributed by atoms with Gasteiger partial charge in [0.2, 0.25) is 0 Å². The molecule has 2 nitrogen and oxygen atoms in total. The Morgan fingerprint density at radius 2 is 2.23 bits per heavy atom. The summed E-state index contributed by atoms with van der Waals surface area (Å²) in [5, 5.41) is 0. The number of rotatable bonds is 2. The van der Waals surface area contributed by atoms with Crippen LogP contribution in [0.25, 0.3) is 0 Å². The third kappa shape index (κ3) is 2.34. The van der Waals surface area contributed by atoms with Gasteiger partial charge in [-0.2, -0.15) is 0 Å². The van der Waals surface area contributed by atoms with Crippen molar-refractivity contribution >= 4 is 22.6 Å². The van der Waals surface area contributed by atoms with E-state index in [1.54, 1.807) is 6.92 Å². The van der Waals surface area contributed by atoms with Crippen LogP contribution in [0.1, 0.15) is 23.4 Å². The fraction of sp³-hybridized carbons (Fsp3) is 0.375. The van der Waals surface area contributed by atoms with Crippen molar-refractivity contribution in [2.24, 2.45) is 5.73 Å². The van der Waals surface area contributed by atoms with Gasteiger partial charge in [-0.05, 0) is 41.1 Å². The normalized spacial score (nSPS) is 10.9. The van der Waals surface area contributed by atoms with E-state index in [0.717, 1.165) is 9.13 Å². The Morgan fingerprint density at radius 3 is 2.69 bits per heavy atom. The second-order valence-electron chi connectivity index (χ2n) is 2.61. The third-order valence-electron chi connectivity index (χ3n) is 1.66. The Balaban J connectivity index is 3.22. The molecule has 0 spiro atoms. The standard InChI is InChI=1S/C8H9F2IN2/c1-4-7(11)5(3-12)2-6(13-4)8(9)10/h2,8H,3,12H2,1H3. The van der Waals surface area contributed by atoms with Gasteiger partial charge in [0.25, 0.3) is 6.43 Å². The lowest BCUT2D eigenvalue weighted by Gasteiger charge is -2.07. The van der Waals surface area contributed by atoms with E-state index in [1.165, 1.54) is 6.07 Å². The molecule has 0 saturated carbocycles. The maximum absolute atomic E-state index is 12.3. The summed E-state index contributed by atoms with van der Waals surface area (Å²) >= 11 is 2.06. The number of alkyl halides is 2. The molecule has 1 heterocycles. The fourth-order valence-corrected chi connectivity index (χ4v) is 1.51. The van der Waals surface area contributed by atoms with Gasteiger partial charge in [-0.25, -0.2) is 8.78 Å².